The predicted octanol–water partition coefficient (Wildman–Crippen LogP) is 4.04. The van der Waals surface area contributed by atoms with Crippen LogP contribution < -0.4 is 14.8 Å². The van der Waals surface area contributed by atoms with Gasteiger partial charge in [0.25, 0.3) is 5.91 Å². The van der Waals surface area contributed by atoms with E-state index in [4.69, 9.17) is 9.47 Å². The number of amides is 1. The smallest absolute Gasteiger partial charge is 0.251 e. The number of carbonyl (C=O) groups excluding carboxylic acids is 1. The molecule has 5 nitrogen and oxygen atoms in total. The molecule has 2 aromatic carbocycles. The van der Waals surface area contributed by atoms with Gasteiger partial charge in [-0.05, 0) is 73.6 Å². The SMILES string of the molecule is COc1ccc(CCNC(=O)c2ccc3[nH]c4c(c3c2)CCCC4)cc1OC. The van der Waals surface area contributed by atoms with E-state index in [-0.39, 0.29) is 5.91 Å². The lowest BCUT2D eigenvalue weighted by Gasteiger charge is -2.11. The number of aromatic amines is 1. The zero-order valence-electron chi connectivity index (χ0n) is 16.4. The van der Waals surface area contributed by atoms with Crippen molar-refractivity contribution in [2.24, 2.45) is 0 Å². The molecule has 1 amide bonds. The number of hydrogen-bond donors (Lipinski definition) is 2. The van der Waals surface area contributed by atoms with Crippen molar-refractivity contribution in [2.75, 3.05) is 20.8 Å². The first kappa shape index (κ1) is 18.4. The summed E-state index contributed by atoms with van der Waals surface area (Å²) in [5, 5.41) is 4.23. The second-order valence-corrected chi connectivity index (χ2v) is 7.24. The zero-order chi connectivity index (χ0) is 19.5. The van der Waals surface area contributed by atoms with Crippen LogP contribution in [0, 0.1) is 0 Å². The monoisotopic (exact) mass is 378 g/mol. The molecule has 28 heavy (non-hydrogen) atoms. The Balaban J connectivity index is 1.42. The van der Waals surface area contributed by atoms with Gasteiger partial charge in [-0.25, -0.2) is 0 Å². The average molecular weight is 378 g/mol. The second-order valence-electron chi connectivity index (χ2n) is 7.24. The fourth-order valence-electron chi connectivity index (χ4n) is 4.01. The minimum Gasteiger partial charge on any atom is -0.493 e. The number of rotatable bonds is 6. The molecule has 1 aliphatic carbocycles. The van der Waals surface area contributed by atoms with Gasteiger partial charge in [0.05, 0.1) is 14.2 Å². The molecular weight excluding hydrogens is 352 g/mol. The van der Waals surface area contributed by atoms with Crippen molar-refractivity contribution in [1.29, 1.82) is 0 Å². The Hall–Kier alpha value is -2.95. The van der Waals surface area contributed by atoms with Gasteiger partial charge >= 0.3 is 0 Å². The van der Waals surface area contributed by atoms with E-state index in [0.29, 0.717) is 23.6 Å². The fourth-order valence-corrected chi connectivity index (χ4v) is 4.01. The topological polar surface area (TPSA) is 63.3 Å². The van der Waals surface area contributed by atoms with Crippen LogP contribution >= 0.6 is 0 Å². The maximum Gasteiger partial charge on any atom is 0.251 e. The van der Waals surface area contributed by atoms with Gasteiger partial charge in [0.15, 0.2) is 11.5 Å². The molecule has 0 atom stereocenters. The Bertz CT molecular complexity index is 1010. The van der Waals surface area contributed by atoms with Crippen LogP contribution in [-0.4, -0.2) is 31.7 Å². The van der Waals surface area contributed by atoms with Gasteiger partial charge in [-0.15, -0.1) is 0 Å². The number of fused-ring (bicyclic) bond motifs is 3. The van der Waals surface area contributed by atoms with Gasteiger partial charge in [0.2, 0.25) is 0 Å². The van der Waals surface area contributed by atoms with Crippen LogP contribution in [0.2, 0.25) is 0 Å². The number of aromatic nitrogens is 1. The van der Waals surface area contributed by atoms with Gasteiger partial charge < -0.3 is 19.8 Å². The summed E-state index contributed by atoms with van der Waals surface area (Å²) in [7, 11) is 3.25. The summed E-state index contributed by atoms with van der Waals surface area (Å²) >= 11 is 0. The first-order valence-corrected chi connectivity index (χ1v) is 9.82. The van der Waals surface area contributed by atoms with E-state index in [1.165, 1.54) is 29.5 Å². The molecule has 1 aromatic heterocycles. The van der Waals surface area contributed by atoms with Crippen LogP contribution in [0.15, 0.2) is 36.4 Å². The lowest BCUT2D eigenvalue weighted by molar-refractivity contribution is 0.0954. The van der Waals surface area contributed by atoms with Crippen molar-refractivity contribution in [3.63, 3.8) is 0 Å². The van der Waals surface area contributed by atoms with E-state index >= 15 is 0 Å². The van der Waals surface area contributed by atoms with E-state index < -0.39 is 0 Å². The third kappa shape index (κ3) is 3.57. The van der Waals surface area contributed by atoms with Crippen LogP contribution in [0.1, 0.15) is 40.0 Å². The number of ether oxygens (including phenoxy) is 2. The number of H-pyrrole nitrogens is 1. The Labute approximate surface area is 165 Å². The van der Waals surface area contributed by atoms with Gasteiger partial charge in [0.1, 0.15) is 0 Å². The minimum atomic E-state index is -0.0341. The fraction of sp³-hybridized carbons (Fsp3) is 0.348. The molecule has 5 heteroatoms. The van der Waals surface area contributed by atoms with Crippen molar-refractivity contribution in [2.45, 2.75) is 32.1 Å². The highest BCUT2D eigenvalue weighted by molar-refractivity contribution is 5.99. The quantitative estimate of drug-likeness (QED) is 0.681. The molecule has 0 saturated heterocycles. The molecule has 0 fully saturated rings. The first-order chi connectivity index (χ1) is 13.7. The van der Waals surface area contributed by atoms with Crippen LogP contribution in [0.5, 0.6) is 11.5 Å². The summed E-state index contributed by atoms with van der Waals surface area (Å²) in [6.07, 6.45) is 5.40. The molecule has 0 spiro atoms. The van der Waals surface area contributed by atoms with Crippen molar-refractivity contribution < 1.29 is 14.3 Å². The van der Waals surface area contributed by atoms with E-state index in [2.05, 4.69) is 10.3 Å². The maximum atomic E-state index is 12.6. The van der Waals surface area contributed by atoms with Gasteiger partial charge in [0, 0.05) is 28.7 Å². The summed E-state index contributed by atoms with van der Waals surface area (Å²) in [5.41, 5.74) is 5.67. The summed E-state index contributed by atoms with van der Waals surface area (Å²) in [4.78, 5) is 16.1. The van der Waals surface area contributed by atoms with Crippen molar-refractivity contribution in [1.82, 2.24) is 10.3 Å². The van der Waals surface area contributed by atoms with E-state index in [0.717, 1.165) is 30.3 Å². The Morgan fingerprint density at radius 2 is 1.86 bits per heavy atom. The Morgan fingerprint density at radius 3 is 2.68 bits per heavy atom. The van der Waals surface area contributed by atoms with Gasteiger partial charge in [-0.2, -0.15) is 0 Å². The van der Waals surface area contributed by atoms with Crippen LogP contribution in [0.3, 0.4) is 0 Å². The molecule has 1 heterocycles. The molecule has 3 aromatic rings. The number of nitrogens with one attached hydrogen (secondary N) is 2. The van der Waals surface area contributed by atoms with Crippen LogP contribution in [0.4, 0.5) is 0 Å². The third-order valence-electron chi connectivity index (χ3n) is 5.51. The second kappa shape index (κ2) is 7.97. The van der Waals surface area contributed by atoms with Gasteiger partial charge in [-0.3, -0.25) is 4.79 Å². The number of carbonyl (C=O) groups is 1. The lowest BCUT2D eigenvalue weighted by atomic mass is 9.95. The number of aryl methyl sites for hydroxylation is 2. The molecule has 0 unspecified atom stereocenters. The summed E-state index contributed by atoms with van der Waals surface area (Å²) in [6.45, 7) is 0.567. The molecule has 0 saturated carbocycles. The highest BCUT2D eigenvalue weighted by Crippen LogP contribution is 2.30. The molecule has 0 radical (unpaired) electrons. The molecule has 0 bridgehead atoms. The van der Waals surface area contributed by atoms with Crippen molar-refractivity contribution >= 4 is 16.8 Å². The largest absolute Gasteiger partial charge is 0.493 e. The molecule has 146 valence electrons. The Kier molecular flexibility index (Phi) is 5.24. The normalized spacial score (nSPS) is 13.2. The van der Waals surface area contributed by atoms with E-state index in [1.54, 1.807) is 14.2 Å². The predicted molar refractivity (Wildman–Crippen MR) is 111 cm³/mol. The molecule has 0 aliphatic heterocycles. The highest BCUT2D eigenvalue weighted by Gasteiger charge is 2.16. The number of benzene rings is 2. The summed E-state index contributed by atoms with van der Waals surface area (Å²) in [5.74, 6) is 1.38. The standard InChI is InChI=1S/C23H26N2O3/c1-27-21-10-7-15(13-22(21)28-2)11-12-24-23(26)16-8-9-20-18(14-16)17-5-3-4-6-19(17)25-20/h7-10,13-14,25H,3-6,11-12H2,1-2H3,(H,24,26). The van der Waals surface area contributed by atoms with Gasteiger partial charge in [-0.1, -0.05) is 6.07 Å². The third-order valence-corrected chi connectivity index (χ3v) is 5.51. The maximum absolute atomic E-state index is 12.6. The van der Waals surface area contributed by atoms with E-state index in [9.17, 15) is 4.79 Å². The molecule has 2 N–H and O–H groups in total. The zero-order valence-corrected chi connectivity index (χ0v) is 16.4. The average Bonchev–Trinajstić information content (AvgIpc) is 3.11. The highest BCUT2D eigenvalue weighted by atomic mass is 16.5. The number of hydrogen-bond acceptors (Lipinski definition) is 3. The van der Waals surface area contributed by atoms with Crippen molar-refractivity contribution in [3.8, 4) is 11.5 Å². The minimum absolute atomic E-state index is 0.0341. The first-order valence-electron chi connectivity index (χ1n) is 9.82. The number of methoxy groups -OCH3 is 2. The Morgan fingerprint density at radius 1 is 1.04 bits per heavy atom. The lowest BCUT2D eigenvalue weighted by Crippen LogP contribution is -2.25. The molecular formula is C23H26N2O3. The molecule has 1 aliphatic rings. The van der Waals surface area contributed by atoms with Crippen LogP contribution in [-0.2, 0) is 19.3 Å². The van der Waals surface area contributed by atoms with Crippen LogP contribution in [0.25, 0.3) is 10.9 Å². The summed E-state index contributed by atoms with van der Waals surface area (Å²) in [6, 6.07) is 11.8. The van der Waals surface area contributed by atoms with Crippen molar-refractivity contribution in [3.05, 3.63) is 58.8 Å². The molecule has 4 rings (SSSR count). The summed E-state index contributed by atoms with van der Waals surface area (Å²) < 4.78 is 10.6. The van der Waals surface area contributed by atoms with E-state index in [1.807, 2.05) is 36.4 Å².